The van der Waals surface area contributed by atoms with Gasteiger partial charge in [0, 0.05) is 62.6 Å². The van der Waals surface area contributed by atoms with E-state index in [0.717, 1.165) is 51.4 Å². The fourth-order valence-electron chi connectivity index (χ4n) is 3.45. The minimum absolute atomic E-state index is 0. The number of piperazine rings is 1. The molecule has 2 N–H and O–H groups in total. The van der Waals surface area contributed by atoms with Crippen molar-refractivity contribution in [3.8, 4) is 0 Å². The number of likely N-dealkylation sites (tertiary alicyclic amines) is 1. The number of pyridine rings is 1. The summed E-state index contributed by atoms with van der Waals surface area (Å²) in [5, 5.41) is 3.36. The van der Waals surface area contributed by atoms with Crippen molar-refractivity contribution in [1.82, 2.24) is 20.1 Å². The number of hydrogen-bond donors (Lipinski definition) is 2. The molecule has 0 saturated carbocycles. The molecule has 0 spiro atoms. The molecule has 3 heterocycles. The van der Waals surface area contributed by atoms with Gasteiger partial charge in [0.25, 0.3) is 5.91 Å². The van der Waals surface area contributed by atoms with Crippen LogP contribution in [0.5, 0.6) is 0 Å². The third kappa shape index (κ3) is 4.18. The Hall–Kier alpha value is -1.37. The lowest BCUT2D eigenvalue weighted by atomic mass is 10.1. The zero-order chi connectivity index (χ0) is 16.4. The van der Waals surface area contributed by atoms with Crippen molar-refractivity contribution < 1.29 is 4.79 Å². The second-order valence-electron chi connectivity index (χ2n) is 6.82. The van der Waals surface area contributed by atoms with Crippen LogP contribution in [0.4, 0.5) is 0 Å². The van der Waals surface area contributed by atoms with E-state index in [1.807, 2.05) is 24.8 Å². The Morgan fingerprint density at radius 3 is 2.58 bits per heavy atom. The van der Waals surface area contributed by atoms with Gasteiger partial charge in [-0.05, 0) is 18.4 Å². The van der Waals surface area contributed by atoms with Gasteiger partial charge >= 0.3 is 0 Å². The molecule has 2 saturated heterocycles. The van der Waals surface area contributed by atoms with E-state index in [2.05, 4.69) is 15.2 Å². The first-order chi connectivity index (χ1) is 11.0. The maximum absolute atomic E-state index is 12.7. The average Bonchev–Trinajstić information content (AvgIpc) is 3.04. The van der Waals surface area contributed by atoms with E-state index in [9.17, 15) is 9.59 Å². The summed E-state index contributed by atoms with van der Waals surface area (Å²) in [6, 6.07) is 3.70. The number of amides is 1. The van der Waals surface area contributed by atoms with E-state index in [4.69, 9.17) is 0 Å². The summed E-state index contributed by atoms with van der Waals surface area (Å²) >= 11 is 0. The Kier molecular flexibility index (Phi) is 6.43. The molecule has 0 aromatic carbocycles. The van der Waals surface area contributed by atoms with Crippen LogP contribution < -0.4 is 10.9 Å². The molecule has 1 atom stereocenters. The maximum atomic E-state index is 12.7. The highest BCUT2D eigenvalue weighted by molar-refractivity contribution is 5.94. The predicted octanol–water partition coefficient (Wildman–Crippen LogP) is 1.04. The van der Waals surface area contributed by atoms with Gasteiger partial charge < -0.3 is 15.2 Å². The molecule has 0 bridgehead atoms. The standard InChI is InChI=1S/C17H26N4O2.ClH/c1-12(2)15-9-13(10-16(22)19-15)17(23)21-6-3-14(11-21)20-7-4-18-5-8-20;/h9-10,12,14,18H,3-8,11H2,1-2H3,(H,19,22);1H. The van der Waals surface area contributed by atoms with Crippen molar-refractivity contribution in [1.29, 1.82) is 0 Å². The van der Waals surface area contributed by atoms with Crippen LogP contribution in [0.25, 0.3) is 0 Å². The van der Waals surface area contributed by atoms with Gasteiger partial charge in [-0.1, -0.05) is 13.8 Å². The van der Waals surface area contributed by atoms with Crippen LogP contribution in [0.15, 0.2) is 16.9 Å². The second-order valence-corrected chi connectivity index (χ2v) is 6.82. The van der Waals surface area contributed by atoms with Gasteiger partial charge in [-0.3, -0.25) is 14.5 Å². The lowest BCUT2D eigenvalue weighted by Gasteiger charge is -2.32. The van der Waals surface area contributed by atoms with Crippen LogP contribution in [0.3, 0.4) is 0 Å². The lowest BCUT2D eigenvalue weighted by Crippen LogP contribution is -2.49. The summed E-state index contributed by atoms with van der Waals surface area (Å²) in [5.74, 6) is 0.179. The molecule has 24 heavy (non-hydrogen) atoms. The molecule has 1 amide bonds. The lowest BCUT2D eigenvalue weighted by molar-refractivity contribution is 0.0773. The monoisotopic (exact) mass is 354 g/mol. The molecule has 0 radical (unpaired) electrons. The number of aromatic amines is 1. The number of nitrogens with zero attached hydrogens (tertiary/aromatic N) is 2. The third-order valence-electron chi connectivity index (χ3n) is 4.85. The Balaban J connectivity index is 0.00000208. The second kappa shape index (κ2) is 8.14. The van der Waals surface area contributed by atoms with Crippen LogP contribution in [0.2, 0.25) is 0 Å². The van der Waals surface area contributed by atoms with Gasteiger partial charge in [0.05, 0.1) is 0 Å². The maximum Gasteiger partial charge on any atom is 0.254 e. The summed E-state index contributed by atoms with van der Waals surface area (Å²) in [7, 11) is 0. The van der Waals surface area contributed by atoms with Crippen molar-refractivity contribution in [2.45, 2.75) is 32.2 Å². The van der Waals surface area contributed by atoms with Crippen molar-refractivity contribution in [2.75, 3.05) is 39.3 Å². The molecule has 134 valence electrons. The largest absolute Gasteiger partial charge is 0.337 e. The Labute approximate surface area is 149 Å². The number of carbonyl (C=O) groups is 1. The highest BCUT2D eigenvalue weighted by Gasteiger charge is 2.31. The van der Waals surface area contributed by atoms with Crippen LogP contribution in [0, 0.1) is 0 Å². The molecule has 2 aliphatic rings. The number of H-pyrrole nitrogens is 1. The molecular weight excluding hydrogens is 328 g/mol. The van der Waals surface area contributed by atoms with Gasteiger partial charge in [0.15, 0.2) is 0 Å². The Morgan fingerprint density at radius 1 is 1.21 bits per heavy atom. The van der Waals surface area contributed by atoms with Crippen molar-refractivity contribution in [3.63, 3.8) is 0 Å². The summed E-state index contributed by atoms with van der Waals surface area (Å²) < 4.78 is 0. The molecule has 3 rings (SSSR count). The fraction of sp³-hybridized carbons (Fsp3) is 0.647. The smallest absolute Gasteiger partial charge is 0.254 e. The molecule has 2 fully saturated rings. The predicted molar refractivity (Wildman–Crippen MR) is 97.2 cm³/mol. The first-order valence-electron chi connectivity index (χ1n) is 8.53. The van der Waals surface area contributed by atoms with Crippen LogP contribution in [-0.2, 0) is 0 Å². The summed E-state index contributed by atoms with van der Waals surface area (Å²) in [6.45, 7) is 9.71. The van der Waals surface area contributed by atoms with E-state index in [1.54, 1.807) is 0 Å². The quantitative estimate of drug-likeness (QED) is 0.851. The molecule has 6 nitrogen and oxygen atoms in total. The minimum atomic E-state index is -0.197. The molecule has 1 aromatic heterocycles. The number of aromatic nitrogens is 1. The first-order valence-corrected chi connectivity index (χ1v) is 8.53. The minimum Gasteiger partial charge on any atom is -0.337 e. The SMILES string of the molecule is CC(C)c1cc(C(=O)N2CCC(N3CCNCC3)C2)cc(=O)[nH]1.Cl. The number of halogens is 1. The fourth-order valence-corrected chi connectivity index (χ4v) is 3.45. The topological polar surface area (TPSA) is 68.4 Å². The van der Waals surface area contributed by atoms with Crippen LogP contribution >= 0.6 is 12.4 Å². The summed E-state index contributed by atoms with van der Waals surface area (Å²) in [5.41, 5.74) is 1.13. The molecule has 2 aliphatic heterocycles. The number of nitrogens with one attached hydrogen (secondary N) is 2. The molecule has 1 unspecified atom stereocenters. The van der Waals surface area contributed by atoms with E-state index in [1.165, 1.54) is 6.07 Å². The average molecular weight is 355 g/mol. The Morgan fingerprint density at radius 2 is 1.92 bits per heavy atom. The van der Waals surface area contributed by atoms with Crippen molar-refractivity contribution in [3.05, 3.63) is 33.7 Å². The van der Waals surface area contributed by atoms with Gasteiger partial charge in [0.1, 0.15) is 0 Å². The van der Waals surface area contributed by atoms with Gasteiger partial charge in [0.2, 0.25) is 5.56 Å². The highest BCUT2D eigenvalue weighted by atomic mass is 35.5. The first kappa shape index (κ1) is 19.0. The molecular formula is C17H27ClN4O2. The number of carbonyl (C=O) groups excluding carboxylic acids is 1. The third-order valence-corrected chi connectivity index (χ3v) is 4.85. The van der Waals surface area contributed by atoms with Crippen molar-refractivity contribution >= 4 is 18.3 Å². The van der Waals surface area contributed by atoms with Crippen LogP contribution in [0.1, 0.15) is 42.2 Å². The van der Waals surface area contributed by atoms with E-state index >= 15 is 0 Å². The molecule has 7 heteroatoms. The van der Waals surface area contributed by atoms with E-state index in [0.29, 0.717) is 11.6 Å². The van der Waals surface area contributed by atoms with E-state index in [-0.39, 0.29) is 29.8 Å². The summed E-state index contributed by atoms with van der Waals surface area (Å²) in [4.78, 5) is 31.7. The number of rotatable bonds is 3. The van der Waals surface area contributed by atoms with Crippen molar-refractivity contribution in [2.24, 2.45) is 0 Å². The Bertz CT molecular complexity index is 625. The highest BCUT2D eigenvalue weighted by Crippen LogP contribution is 2.19. The normalized spacial score (nSPS) is 21.8. The summed E-state index contributed by atoms with van der Waals surface area (Å²) in [6.07, 6.45) is 1.02. The van der Waals surface area contributed by atoms with Gasteiger partial charge in [-0.25, -0.2) is 0 Å². The van der Waals surface area contributed by atoms with Gasteiger partial charge in [-0.2, -0.15) is 0 Å². The molecule has 1 aromatic rings. The molecule has 0 aliphatic carbocycles. The zero-order valence-corrected chi connectivity index (χ0v) is 15.2. The zero-order valence-electron chi connectivity index (χ0n) is 14.4. The number of hydrogen-bond acceptors (Lipinski definition) is 4. The van der Waals surface area contributed by atoms with E-state index < -0.39 is 0 Å². The van der Waals surface area contributed by atoms with Gasteiger partial charge in [-0.15, -0.1) is 12.4 Å². The van der Waals surface area contributed by atoms with Crippen LogP contribution in [-0.4, -0.2) is 66.0 Å².